The molecule has 0 aliphatic rings. The third kappa shape index (κ3) is 7.26. The molecule has 3 heterocycles. The van der Waals surface area contributed by atoms with Gasteiger partial charge in [-0.15, -0.1) is 0 Å². The first-order valence-electron chi connectivity index (χ1n) is 11.8. The summed E-state index contributed by atoms with van der Waals surface area (Å²) in [6.45, 7) is 8.03. The zero-order valence-corrected chi connectivity index (χ0v) is 22.4. The van der Waals surface area contributed by atoms with Gasteiger partial charge in [-0.2, -0.15) is 0 Å². The van der Waals surface area contributed by atoms with Crippen molar-refractivity contribution in [2.75, 3.05) is 24.7 Å². The lowest BCUT2D eigenvalue weighted by atomic mass is 10.1. The van der Waals surface area contributed by atoms with E-state index in [1.54, 1.807) is 7.11 Å². The monoisotopic (exact) mass is 518 g/mol. The minimum atomic E-state index is -0.234. The second kappa shape index (κ2) is 11.8. The lowest BCUT2D eigenvalue weighted by Gasteiger charge is -2.11. The van der Waals surface area contributed by atoms with E-state index in [1.807, 2.05) is 64.2 Å². The van der Waals surface area contributed by atoms with Gasteiger partial charge in [-0.3, -0.25) is 20.4 Å². The summed E-state index contributed by atoms with van der Waals surface area (Å²) in [5.41, 5.74) is 5.48. The fourth-order valence-corrected chi connectivity index (χ4v) is 4.59. The minimum Gasteiger partial charge on any atom is -0.497 e. The summed E-state index contributed by atoms with van der Waals surface area (Å²) < 4.78 is 5.30. The second-order valence-corrected chi connectivity index (χ2v) is 9.52. The van der Waals surface area contributed by atoms with E-state index in [0.29, 0.717) is 30.0 Å². The quantitative estimate of drug-likeness (QED) is 0.139. The van der Waals surface area contributed by atoms with Crippen molar-refractivity contribution in [2.24, 2.45) is 4.99 Å². The first-order chi connectivity index (χ1) is 17.8. The summed E-state index contributed by atoms with van der Waals surface area (Å²) in [6.07, 6.45) is 2.64. The van der Waals surface area contributed by atoms with E-state index in [9.17, 15) is 4.79 Å². The number of amides is 1. The van der Waals surface area contributed by atoms with Crippen LogP contribution in [-0.2, 0) is 11.2 Å². The summed E-state index contributed by atoms with van der Waals surface area (Å²) in [4.78, 5) is 38.3. The van der Waals surface area contributed by atoms with Crippen LogP contribution < -0.4 is 15.4 Å². The molecule has 0 aliphatic heterocycles. The number of carbonyl (C=O) groups is 1. The van der Waals surface area contributed by atoms with Crippen LogP contribution in [0.25, 0.3) is 10.9 Å². The van der Waals surface area contributed by atoms with E-state index in [1.165, 1.54) is 11.8 Å². The largest absolute Gasteiger partial charge is 0.497 e. The molecule has 0 aliphatic carbocycles. The van der Waals surface area contributed by atoms with E-state index >= 15 is 0 Å². The Kier molecular flexibility index (Phi) is 8.34. The molecule has 0 bridgehead atoms. The van der Waals surface area contributed by atoms with Gasteiger partial charge >= 0.3 is 0 Å². The Morgan fingerprint density at radius 1 is 1.00 bits per heavy atom. The Balaban J connectivity index is 1.46. The smallest absolute Gasteiger partial charge is 0.237 e. The number of nitrogens with zero attached hydrogens (tertiary/aromatic N) is 5. The first kappa shape index (κ1) is 26.1. The van der Waals surface area contributed by atoms with Gasteiger partial charge in [0, 0.05) is 52.5 Å². The Morgan fingerprint density at radius 3 is 2.35 bits per heavy atom. The molecule has 4 aromatic rings. The molecule has 4 rings (SSSR count). The van der Waals surface area contributed by atoms with Crippen molar-refractivity contribution in [1.29, 1.82) is 0 Å². The van der Waals surface area contributed by atoms with Crippen molar-refractivity contribution in [1.82, 2.24) is 30.2 Å². The van der Waals surface area contributed by atoms with Gasteiger partial charge in [-0.1, -0.05) is 11.8 Å². The van der Waals surface area contributed by atoms with Gasteiger partial charge in [-0.05, 0) is 63.9 Å². The van der Waals surface area contributed by atoms with Crippen LogP contribution in [0.15, 0.2) is 46.7 Å². The average Bonchev–Trinajstić information content (AvgIpc) is 3.23. The zero-order valence-electron chi connectivity index (χ0n) is 21.5. The van der Waals surface area contributed by atoms with Gasteiger partial charge in [0.25, 0.3) is 0 Å². The van der Waals surface area contributed by atoms with Gasteiger partial charge in [0.15, 0.2) is 5.16 Å². The van der Waals surface area contributed by atoms with Gasteiger partial charge in [0.05, 0.1) is 12.9 Å². The van der Waals surface area contributed by atoms with Crippen LogP contribution in [-0.4, -0.2) is 56.2 Å². The predicted molar refractivity (Wildman–Crippen MR) is 146 cm³/mol. The molecule has 3 N–H and O–H groups in total. The highest BCUT2D eigenvalue weighted by Crippen LogP contribution is 2.23. The molecular weight excluding hydrogens is 488 g/mol. The molecule has 1 amide bonds. The molecule has 10 nitrogen and oxygen atoms in total. The third-order valence-corrected chi connectivity index (χ3v) is 6.24. The van der Waals surface area contributed by atoms with Gasteiger partial charge in [0.1, 0.15) is 5.75 Å². The summed E-state index contributed by atoms with van der Waals surface area (Å²) >= 11 is 1.27. The number of hydrogen-bond acceptors (Lipinski definition) is 8. The number of nitrogens with one attached hydrogen (secondary N) is 3. The van der Waals surface area contributed by atoms with E-state index in [0.717, 1.165) is 45.0 Å². The maximum atomic E-state index is 12.8. The fraction of sp³-hybridized carbons (Fsp3) is 0.308. The van der Waals surface area contributed by atoms with Crippen LogP contribution in [0.3, 0.4) is 0 Å². The van der Waals surface area contributed by atoms with Crippen molar-refractivity contribution in [3.8, 4) is 5.75 Å². The van der Waals surface area contributed by atoms with Crippen molar-refractivity contribution in [2.45, 2.75) is 39.3 Å². The average molecular weight is 519 g/mol. The molecule has 0 atom stereocenters. The van der Waals surface area contributed by atoms with Gasteiger partial charge in [0.2, 0.25) is 17.8 Å². The summed E-state index contributed by atoms with van der Waals surface area (Å²) in [5, 5.41) is 7.60. The van der Waals surface area contributed by atoms with E-state index in [4.69, 9.17) is 4.74 Å². The number of hydrogen-bond donors (Lipinski definition) is 3. The van der Waals surface area contributed by atoms with Gasteiger partial charge in [-0.25, -0.2) is 19.9 Å². The summed E-state index contributed by atoms with van der Waals surface area (Å²) in [7, 11) is 1.65. The Bertz CT molecular complexity index is 1410. The van der Waals surface area contributed by atoms with Gasteiger partial charge < -0.3 is 9.72 Å². The second-order valence-electron chi connectivity index (χ2n) is 8.58. The maximum absolute atomic E-state index is 12.8. The number of rotatable bonds is 8. The number of aryl methyl sites for hydroxylation is 4. The summed E-state index contributed by atoms with van der Waals surface area (Å²) in [5.74, 6) is 1.37. The lowest BCUT2D eigenvalue weighted by molar-refractivity contribution is -0.117. The van der Waals surface area contributed by atoms with Crippen LogP contribution in [0, 0.1) is 27.7 Å². The Labute approximate surface area is 219 Å². The molecule has 0 saturated carbocycles. The van der Waals surface area contributed by atoms with E-state index in [-0.39, 0.29) is 11.7 Å². The number of anilines is 1. The molecule has 0 fully saturated rings. The summed E-state index contributed by atoms with van der Waals surface area (Å²) in [6, 6.07) is 9.70. The molecule has 3 aromatic heterocycles. The topological polar surface area (TPSA) is 130 Å². The molecule has 0 radical (unpaired) electrons. The molecule has 11 heteroatoms. The third-order valence-electron chi connectivity index (χ3n) is 5.39. The van der Waals surface area contributed by atoms with Crippen LogP contribution in [0.1, 0.15) is 28.3 Å². The number of aromatic amines is 1. The van der Waals surface area contributed by atoms with Crippen LogP contribution in [0.2, 0.25) is 0 Å². The van der Waals surface area contributed by atoms with Crippen LogP contribution in [0.5, 0.6) is 5.75 Å². The SMILES string of the molecule is COc1ccc2c(CCN=C(NC(=O)CSc3nc(C)cc(C)n3)Nc3nc(C)cc(C)n3)c[nH]c2c1. The lowest BCUT2D eigenvalue weighted by Crippen LogP contribution is -2.38. The highest BCUT2D eigenvalue weighted by Gasteiger charge is 2.12. The van der Waals surface area contributed by atoms with Crippen LogP contribution in [0.4, 0.5) is 5.95 Å². The number of thioether (sulfide) groups is 1. The molecule has 37 heavy (non-hydrogen) atoms. The highest BCUT2D eigenvalue weighted by molar-refractivity contribution is 7.99. The Morgan fingerprint density at radius 2 is 1.68 bits per heavy atom. The number of ether oxygens (including phenoxy) is 1. The number of aliphatic imine (C=N–C) groups is 1. The normalized spacial score (nSPS) is 11.5. The molecule has 192 valence electrons. The number of aromatic nitrogens is 5. The standard InChI is InChI=1S/C26H30N8O2S/c1-15-10-16(2)30-25(29-15)34-24(33-23(35)14-37-26-31-17(3)11-18(4)32-26)27-9-8-19-13-28-22-12-20(36-5)6-7-21(19)22/h6-7,10-13,28H,8-9,14H2,1-5H3,(H2,27,29,30,33,34,35). The zero-order chi connectivity index (χ0) is 26.4. The van der Waals surface area contributed by atoms with Crippen LogP contribution >= 0.6 is 11.8 Å². The number of methoxy groups -OCH3 is 1. The molecule has 0 unspecified atom stereocenters. The van der Waals surface area contributed by atoms with Crippen molar-refractivity contribution in [3.05, 3.63) is 64.9 Å². The van der Waals surface area contributed by atoms with Crippen molar-refractivity contribution >= 4 is 40.5 Å². The Hall–Kier alpha value is -3.99. The van der Waals surface area contributed by atoms with E-state index in [2.05, 4.69) is 40.5 Å². The molecule has 0 spiro atoms. The molecular formula is C26H30N8O2S. The maximum Gasteiger partial charge on any atom is 0.237 e. The number of carbonyl (C=O) groups excluding carboxylic acids is 1. The first-order valence-corrected chi connectivity index (χ1v) is 12.8. The van der Waals surface area contributed by atoms with E-state index < -0.39 is 0 Å². The number of guanidine groups is 1. The number of benzene rings is 1. The predicted octanol–water partition coefficient (Wildman–Crippen LogP) is 3.91. The minimum absolute atomic E-state index is 0.140. The van der Waals surface area contributed by atoms with Crippen molar-refractivity contribution in [3.63, 3.8) is 0 Å². The number of H-pyrrole nitrogens is 1. The highest BCUT2D eigenvalue weighted by atomic mass is 32.2. The van der Waals surface area contributed by atoms with Crippen molar-refractivity contribution < 1.29 is 9.53 Å². The molecule has 1 aromatic carbocycles. The number of fused-ring (bicyclic) bond motifs is 1. The molecule has 0 saturated heterocycles. The fourth-order valence-electron chi connectivity index (χ4n) is 3.84.